The van der Waals surface area contributed by atoms with Gasteiger partial charge in [0.1, 0.15) is 5.41 Å². The SMILES string of the molecule is C[C@H](C=CC(=O)C(C)(C)C(=O)O)[C@H]1CC[C@H]2C(=CC=C3C[C@@H](O)C[C@@H](O)[C@@H]3C)CC[C@]12C. The third kappa shape index (κ3) is 4.65. The van der Waals surface area contributed by atoms with Crippen LogP contribution >= 0.6 is 0 Å². The van der Waals surface area contributed by atoms with Crippen molar-refractivity contribution in [2.75, 3.05) is 0 Å². The number of fused-ring (bicyclic) bond motifs is 1. The van der Waals surface area contributed by atoms with Crippen molar-refractivity contribution in [1.82, 2.24) is 0 Å². The minimum atomic E-state index is -1.40. The van der Waals surface area contributed by atoms with Crippen LogP contribution in [0.15, 0.2) is 35.5 Å². The van der Waals surface area contributed by atoms with E-state index in [9.17, 15) is 24.9 Å². The summed E-state index contributed by atoms with van der Waals surface area (Å²) in [6, 6.07) is 0. The number of carbonyl (C=O) groups is 2. The first-order chi connectivity index (χ1) is 14.9. The topological polar surface area (TPSA) is 94.8 Å². The number of allylic oxidation sites excluding steroid dienone is 5. The van der Waals surface area contributed by atoms with Crippen molar-refractivity contribution in [2.45, 2.75) is 85.4 Å². The zero-order valence-electron chi connectivity index (χ0n) is 20.2. The van der Waals surface area contributed by atoms with Gasteiger partial charge in [0, 0.05) is 12.3 Å². The highest BCUT2D eigenvalue weighted by atomic mass is 16.4. The minimum Gasteiger partial charge on any atom is -0.481 e. The molecule has 178 valence electrons. The summed E-state index contributed by atoms with van der Waals surface area (Å²) >= 11 is 0. The fourth-order valence-electron chi connectivity index (χ4n) is 6.28. The van der Waals surface area contributed by atoms with Crippen LogP contribution in [0, 0.1) is 34.5 Å². The Morgan fingerprint density at radius 1 is 1.16 bits per heavy atom. The minimum absolute atomic E-state index is 0.0807. The highest BCUT2D eigenvalue weighted by molar-refractivity contribution is 6.07. The van der Waals surface area contributed by atoms with Crippen LogP contribution in [0.5, 0.6) is 0 Å². The highest BCUT2D eigenvalue weighted by Crippen LogP contribution is 2.61. The van der Waals surface area contributed by atoms with E-state index in [1.165, 1.54) is 25.5 Å². The van der Waals surface area contributed by atoms with Crippen LogP contribution in [-0.4, -0.2) is 39.3 Å². The quantitative estimate of drug-likeness (QED) is 0.408. The first-order valence-corrected chi connectivity index (χ1v) is 12.1. The Labute approximate surface area is 192 Å². The number of aliphatic hydroxyl groups excluding tert-OH is 2. The van der Waals surface area contributed by atoms with Crippen molar-refractivity contribution >= 4 is 11.8 Å². The summed E-state index contributed by atoms with van der Waals surface area (Å²) in [6.45, 7) is 9.45. The Balaban J connectivity index is 1.72. The normalized spacial score (nSPS) is 39.0. The molecule has 3 saturated carbocycles. The molecule has 0 aliphatic heterocycles. The molecule has 7 atom stereocenters. The maximum absolute atomic E-state index is 12.4. The molecule has 5 nitrogen and oxygen atoms in total. The number of hydrogen-bond donors (Lipinski definition) is 3. The highest BCUT2D eigenvalue weighted by Gasteiger charge is 2.52. The molecule has 0 aromatic carbocycles. The van der Waals surface area contributed by atoms with Crippen LogP contribution in [0.3, 0.4) is 0 Å². The molecular formula is C27H40O5. The standard InChI is InChI=1S/C27H40O5/c1-16(6-11-24(30)26(3,4)25(31)32)21-9-10-22-18(12-13-27(21,22)5)7-8-19-14-20(28)15-23(29)17(19)2/h6-8,11,16-17,20-23,28-29H,9-10,12-15H2,1-5H3,(H,31,32)/t16-,17-,20-,21-,22+,23-,27-/m1/s1. The van der Waals surface area contributed by atoms with Crippen molar-refractivity contribution in [3.63, 3.8) is 0 Å². The molecule has 0 saturated heterocycles. The van der Waals surface area contributed by atoms with E-state index in [1.54, 1.807) is 0 Å². The van der Waals surface area contributed by atoms with Gasteiger partial charge in [0.15, 0.2) is 5.78 Å². The van der Waals surface area contributed by atoms with Crippen LogP contribution in [0.2, 0.25) is 0 Å². The Bertz CT molecular complexity index is 835. The fourth-order valence-corrected chi connectivity index (χ4v) is 6.28. The van der Waals surface area contributed by atoms with Crippen LogP contribution in [0.4, 0.5) is 0 Å². The van der Waals surface area contributed by atoms with E-state index in [4.69, 9.17) is 0 Å². The molecule has 0 aromatic rings. The molecular weight excluding hydrogens is 404 g/mol. The number of aliphatic carboxylic acids is 1. The van der Waals surface area contributed by atoms with Gasteiger partial charge < -0.3 is 15.3 Å². The average Bonchev–Trinajstić information content (AvgIpc) is 3.21. The number of ketones is 1. The molecule has 3 aliphatic rings. The predicted molar refractivity (Wildman–Crippen MR) is 125 cm³/mol. The first kappa shape index (κ1) is 24.9. The monoisotopic (exact) mass is 444 g/mol. The third-order valence-electron chi connectivity index (χ3n) is 8.80. The van der Waals surface area contributed by atoms with Crippen molar-refractivity contribution < 1.29 is 24.9 Å². The molecule has 3 fully saturated rings. The lowest BCUT2D eigenvalue weighted by atomic mass is 9.70. The van der Waals surface area contributed by atoms with Crippen LogP contribution in [-0.2, 0) is 9.59 Å². The zero-order valence-corrected chi connectivity index (χ0v) is 20.2. The lowest BCUT2D eigenvalue weighted by Gasteiger charge is -2.34. The van der Waals surface area contributed by atoms with Crippen molar-refractivity contribution in [3.05, 3.63) is 35.5 Å². The summed E-state index contributed by atoms with van der Waals surface area (Å²) in [5.41, 5.74) is 1.37. The zero-order chi connectivity index (χ0) is 23.8. The van der Waals surface area contributed by atoms with Crippen LogP contribution in [0.25, 0.3) is 0 Å². The molecule has 0 heterocycles. The molecule has 0 radical (unpaired) electrons. The Morgan fingerprint density at radius 2 is 1.81 bits per heavy atom. The molecule has 0 aromatic heterocycles. The Hall–Kier alpha value is -1.72. The number of carboxylic acids is 1. The molecule has 0 bridgehead atoms. The van der Waals surface area contributed by atoms with Crippen molar-refractivity contribution in [1.29, 1.82) is 0 Å². The number of rotatable bonds is 6. The van der Waals surface area contributed by atoms with Gasteiger partial charge in [0.05, 0.1) is 12.2 Å². The molecule has 0 amide bonds. The lowest BCUT2D eigenvalue weighted by Crippen LogP contribution is -2.32. The predicted octanol–water partition coefficient (Wildman–Crippen LogP) is 4.69. The smallest absolute Gasteiger partial charge is 0.316 e. The second-order valence-corrected chi connectivity index (χ2v) is 11.2. The molecule has 5 heteroatoms. The van der Waals surface area contributed by atoms with Gasteiger partial charge in [-0.05, 0) is 75.2 Å². The van der Waals surface area contributed by atoms with E-state index in [0.29, 0.717) is 24.7 Å². The number of aliphatic hydroxyl groups is 2. The maximum atomic E-state index is 12.4. The van der Waals surface area contributed by atoms with Crippen LogP contribution < -0.4 is 0 Å². The summed E-state index contributed by atoms with van der Waals surface area (Å²) in [4.78, 5) is 23.7. The molecule has 3 aliphatic carbocycles. The van der Waals surface area contributed by atoms with Gasteiger partial charge in [-0.2, -0.15) is 0 Å². The van der Waals surface area contributed by atoms with Crippen molar-refractivity contribution in [3.8, 4) is 0 Å². The fraction of sp³-hybridized carbons (Fsp3) is 0.704. The van der Waals surface area contributed by atoms with E-state index in [-0.39, 0.29) is 23.0 Å². The Morgan fingerprint density at radius 3 is 2.47 bits per heavy atom. The second kappa shape index (κ2) is 9.26. The number of hydrogen-bond acceptors (Lipinski definition) is 4. The third-order valence-corrected chi connectivity index (χ3v) is 8.80. The average molecular weight is 445 g/mol. The van der Waals surface area contributed by atoms with Gasteiger partial charge in [-0.3, -0.25) is 9.59 Å². The summed E-state index contributed by atoms with van der Waals surface area (Å²) in [5, 5.41) is 29.5. The summed E-state index contributed by atoms with van der Waals surface area (Å²) < 4.78 is 0. The van der Waals surface area contributed by atoms with Crippen molar-refractivity contribution in [2.24, 2.45) is 34.5 Å². The largest absolute Gasteiger partial charge is 0.481 e. The van der Waals surface area contributed by atoms with E-state index in [0.717, 1.165) is 31.3 Å². The molecule has 3 N–H and O–H groups in total. The second-order valence-electron chi connectivity index (χ2n) is 11.2. The van der Waals surface area contributed by atoms with E-state index < -0.39 is 23.6 Å². The van der Waals surface area contributed by atoms with Gasteiger partial charge in [0.2, 0.25) is 0 Å². The van der Waals surface area contributed by atoms with Gasteiger partial charge in [-0.25, -0.2) is 0 Å². The molecule has 32 heavy (non-hydrogen) atoms. The van der Waals surface area contributed by atoms with Gasteiger partial charge in [0.25, 0.3) is 0 Å². The van der Waals surface area contributed by atoms with Crippen LogP contribution in [0.1, 0.15) is 73.1 Å². The van der Waals surface area contributed by atoms with Gasteiger partial charge >= 0.3 is 5.97 Å². The molecule has 0 unspecified atom stereocenters. The van der Waals surface area contributed by atoms with E-state index in [2.05, 4.69) is 26.0 Å². The van der Waals surface area contributed by atoms with E-state index in [1.807, 2.05) is 13.0 Å². The first-order valence-electron chi connectivity index (χ1n) is 12.1. The lowest BCUT2D eigenvalue weighted by molar-refractivity contribution is -0.151. The van der Waals surface area contributed by atoms with Gasteiger partial charge in [-0.1, -0.05) is 50.1 Å². The van der Waals surface area contributed by atoms with E-state index >= 15 is 0 Å². The molecule has 0 spiro atoms. The number of carbonyl (C=O) groups excluding carboxylic acids is 1. The number of carboxylic acid groups (broad SMARTS) is 1. The maximum Gasteiger partial charge on any atom is 0.316 e. The Kier molecular flexibility index (Phi) is 7.21. The molecule has 3 rings (SSSR count). The summed E-state index contributed by atoms with van der Waals surface area (Å²) in [5.74, 6) is -0.196. The summed E-state index contributed by atoms with van der Waals surface area (Å²) in [7, 11) is 0. The summed E-state index contributed by atoms with van der Waals surface area (Å²) in [6.07, 6.45) is 12.3. The van der Waals surface area contributed by atoms with Gasteiger partial charge in [-0.15, -0.1) is 0 Å².